The van der Waals surface area contributed by atoms with Crippen LogP contribution < -0.4 is 0 Å². The number of piperidine rings is 1. The van der Waals surface area contributed by atoms with Crippen molar-refractivity contribution in [3.63, 3.8) is 0 Å². The number of hydrogen-bond acceptors (Lipinski definition) is 1. The topological polar surface area (TPSA) is 40.5 Å². The predicted molar refractivity (Wildman–Crippen MR) is 33.4 cm³/mol. The Bertz CT molecular complexity index is 108. The molecule has 1 rings (SSSR count). The highest BCUT2D eigenvalue weighted by Gasteiger charge is 2.13. The van der Waals surface area contributed by atoms with Crippen LogP contribution in [0.4, 0.5) is 4.79 Å². The first-order valence-corrected chi connectivity index (χ1v) is 3.28. The minimum absolute atomic E-state index is 0.731. The van der Waals surface area contributed by atoms with Gasteiger partial charge in [-0.1, -0.05) is 0 Å². The molecule has 1 N–H and O–H groups in total. The standard InChI is InChI=1S/C6H11NO2/c8-6(9)7-4-2-1-3-5-7/h1-5H2,(H,8,9). The van der Waals surface area contributed by atoms with E-state index in [1.807, 2.05) is 0 Å². The lowest BCUT2D eigenvalue weighted by molar-refractivity contribution is 0.136. The number of carbonyl (C=O) groups is 1. The van der Waals surface area contributed by atoms with Crippen LogP contribution in [0.5, 0.6) is 0 Å². The molecule has 0 aromatic rings. The van der Waals surface area contributed by atoms with Crippen molar-refractivity contribution < 1.29 is 9.90 Å². The fraction of sp³-hybridized carbons (Fsp3) is 0.833. The normalized spacial score (nSPS) is 19.8. The average molecular weight is 129 g/mol. The fourth-order valence-corrected chi connectivity index (χ4v) is 1.09. The summed E-state index contributed by atoms with van der Waals surface area (Å²) < 4.78 is 0. The van der Waals surface area contributed by atoms with Crippen molar-refractivity contribution >= 4 is 6.09 Å². The van der Waals surface area contributed by atoms with Gasteiger partial charge in [0.15, 0.2) is 0 Å². The Balaban J connectivity index is 2.31. The van der Waals surface area contributed by atoms with Crippen LogP contribution in [0.25, 0.3) is 0 Å². The van der Waals surface area contributed by atoms with Gasteiger partial charge in [0.05, 0.1) is 0 Å². The van der Waals surface area contributed by atoms with Gasteiger partial charge >= 0.3 is 6.09 Å². The molecule has 1 fully saturated rings. The molecule has 0 aromatic heterocycles. The Morgan fingerprint density at radius 3 is 2.11 bits per heavy atom. The van der Waals surface area contributed by atoms with Gasteiger partial charge in [0.2, 0.25) is 0 Å². The van der Waals surface area contributed by atoms with Gasteiger partial charge in [-0.25, -0.2) is 4.79 Å². The van der Waals surface area contributed by atoms with Crippen molar-refractivity contribution in [2.45, 2.75) is 19.3 Å². The van der Waals surface area contributed by atoms with Crippen LogP contribution in [0.2, 0.25) is 0 Å². The number of rotatable bonds is 0. The van der Waals surface area contributed by atoms with Crippen molar-refractivity contribution in [1.29, 1.82) is 0 Å². The first kappa shape index (κ1) is 6.39. The van der Waals surface area contributed by atoms with Crippen LogP contribution in [0.3, 0.4) is 0 Å². The number of likely N-dealkylation sites (tertiary alicyclic amines) is 1. The first-order valence-electron chi connectivity index (χ1n) is 3.28. The molecule has 0 aromatic carbocycles. The Kier molecular flexibility index (Phi) is 1.92. The molecule has 52 valence electrons. The fourth-order valence-electron chi connectivity index (χ4n) is 1.09. The lowest BCUT2D eigenvalue weighted by atomic mass is 10.1. The number of nitrogens with zero attached hydrogens (tertiary/aromatic N) is 1. The van der Waals surface area contributed by atoms with Crippen LogP contribution in [0, 0.1) is 0 Å². The SMILES string of the molecule is O=C(O)N1CCCCC1. The van der Waals surface area contributed by atoms with Crippen LogP contribution in [0.15, 0.2) is 0 Å². The number of carboxylic acid groups (broad SMARTS) is 1. The molecule has 0 radical (unpaired) electrons. The lowest BCUT2D eigenvalue weighted by Crippen LogP contribution is -2.34. The second kappa shape index (κ2) is 2.71. The van der Waals surface area contributed by atoms with E-state index in [0.29, 0.717) is 0 Å². The number of amides is 1. The van der Waals surface area contributed by atoms with E-state index < -0.39 is 6.09 Å². The van der Waals surface area contributed by atoms with E-state index in [1.165, 1.54) is 11.3 Å². The molecule has 0 atom stereocenters. The molecule has 3 heteroatoms. The van der Waals surface area contributed by atoms with Gasteiger partial charge in [-0.05, 0) is 19.3 Å². The van der Waals surface area contributed by atoms with Crippen LogP contribution >= 0.6 is 0 Å². The molecule has 0 unspecified atom stereocenters. The smallest absolute Gasteiger partial charge is 0.407 e. The molecule has 0 spiro atoms. The van der Waals surface area contributed by atoms with Crippen molar-refractivity contribution in [2.75, 3.05) is 13.1 Å². The zero-order chi connectivity index (χ0) is 6.69. The zero-order valence-electron chi connectivity index (χ0n) is 5.34. The van der Waals surface area contributed by atoms with E-state index in [4.69, 9.17) is 5.11 Å². The van der Waals surface area contributed by atoms with E-state index >= 15 is 0 Å². The molecule has 1 heterocycles. The van der Waals surface area contributed by atoms with Crippen molar-refractivity contribution in [1.82, 2.24) is 4.90 Å². The summed E-state index contributed by atoms with van der Waals surface area (Å²) in [5.74, 6) is 0. The Morgan fingerprint density at radius 1 is 1.22 bits per heavy atom. The Labute approximate surface area is 54.3 Å². The highest BCUT2D eigenvalue weighted by Crippen LogP contribution is 2.07. The van der Waals surface area contributed by atoms with E-state index in [-0.39, 0.29) is 0 Å². The third-order valence-electron chi connectivity index (χ3n) is 1.63. The molecular formula is C6H11NO2. The molecule has 0 aliphatic carbocycles. The number of hydrogen-bond donors (Lipinski definition) is 1. The maximum Gasteiger partial charge on any atom is 0.407 e. The first-order chi connectivity index (χ1) is 4.30. The Morgan fingerprint density at radius 2 is 1.78 bits per heavy atom. The summed E-state index contributed by atoms with van der Waals surface area (Å²) in [5, 5.41) is 8.46. The average Bonchev–Trinajstić information content (AvgIpc) is 1.90. The van der Waals surface area contributed by atoms with E-state index in [0.717, 1.165) is 25.9 Å². The molecule has 1 aliphatic rings. The van der Waals surface area contributed by atoms with Gasteiger partial charge < -0.3 is 10.0 Å². The third-order valence-corrected chi connectivity index (χ3v) is 1.63. The summed E-state index contributed by atoms with van der Waals surface area (Å²) in [5.41, 5.74) is 0. The van der Waals surface area contributed by atoms with Gasteiger partial charge in [0.1, 0.15) is 0 Å². The molecule has 9 heavy (non-hydrogen) atoms. The maximum atomic E-state index is 10.3. The summed E-state index contributed by atoms with van der Waals surface area (Å²) in [7, 11) is 0. The molecule has 1 aliphatic heterocycles. The molecule has 1 saturated heterocycles. The van der Waals surface area contributed by atoms with Gasteiger partial charge in [-0.3, -0.25) is 0 Å². The lowest BCUT2D eigenvalue weighted by Gasteiger charge is -2.22. The maximum absolute atomic E-state index is 10.3. The zero-order valence-corrected chi connectivity index (χ0v) is 5.34. The minimum Gasteiger partial charge on any atom is -0.465 e. The largest absolute Gasteiger partial charge is 0.465 e. The quantitative estimate of drug-likeness (QED) is 0.533. The van der Waals surface area contributed by atoms with Gasteiger partial charge in [-0.2, -0.15) is 0 Å². The van der Waals surface area contributed by atoms with Crippen molar-refractivity contribution in [2.24, 2.45) is 0 Å². The van der Waals surface area contributed by atoms with Gasteiger partial charge in [0, 0.05) is 13.1 Å². The van der Waals surface area contributed by atoms with E-state index in [9.17, 15) is 4.79 Å². The van der Waals surface area contributed by atoms with Crippen molar-refractivity contribution in [3.05, 3.63) is 0 Å². The summed E-state index contributed by atoms with van der Waals surface area (Å²) in [4.78, 5) is 11.8. The van der Waals surface area contributed by atoms with Crippen molar-refractivity contribution in [3.8, 4) is 0 Å². The summed E-state index contributed by atoms with van der Waals surface area (Å²) in [6.45, 7) is 1.46. The summed E-state index contributed by atoms with van der Waals surface area (Å²) >= 11 is 0. The van der Waals surface area contributed by atoms with E-state index in [1.54, 1.807) is 0 Å². The molecule has 3 nitrogen and oxygen atoms in total. The third kappa shape index (κ3) is 1.59. The molecular weight excluding hydrogens is 118 g/mol. The highest BCUT2D eigenvalue weighted by atomic mass is 16.4. The molecule has 1 amide bonds. The minimum atomic E-state index is -0.769. The van der Waals surface area contributed by atoms with Gasteiger partial charge in [-0.15, -0.1) is 0 Å². The van der Waals surface area contributed by atoms with Gasteiger partial charge in [0.25, 0.3) is 0 Å². The highest BCUT2D eigenvalue weighted by molar-refractivity contribution is 5.64. The second-order valence-corrected chi connectivity index (χ2v) is 2.33. The van der Waals surface area contributed by atoms with Crippen LogP contribution in [-0.4, -0.2) is 29.2 Å². The predicted octanol–water partition coefficient (Wildman–Crippen LogP) is 1.15. The monoisotopic (exact) mass is 129 g/mol. The molecule has 0 saturated carbocycles. The summed E-state index contributed by atoms with van der Waals surface area (Å²) in [6.07, 6.45) is 2.48. The van der Waals surface area contributed by atoms with Crippen LogP contribution in [0.1, 0.15) is 19.3 Å². The Hall–Kier alpha value is -0.730. The molecule has 0 bridgehead atoms. The second-order valence-electron chi connectivity index (χ2n) is 2.33. The van der Waals surface area contributed by atoms with E-state index in [2.05, 4.69) is 0 Å². The van der Waals surface area contributed by atoms with Crippen LogP contribution in [-0.2, 0) is 0 Å². The summed E-state index contributed by atoms with van der Waals surface area (Å²) in [6, 6.07) is 0.